The Morgan fingerprint density at radius 1 is 0.952 bits per heavy atom. The van der Waals surface area contributed by atoms with Gasteiger partial charge in [0.1, 0.15) is 0 Å². The molecule has 5 fully saturated rings. The summed E-state index contributed by atoms with van der Waals surface area (Å²) >= 11 is 0. The minimum Gasteiger partial charge on any atom is -0.394 e. The second-order valence-electron chi connectivity index (χ2n) is 8.42. The second kappa shape index (κ2) is 4.87. The van der Waals surface area contributed by atoms with Crippen molar-refractivity contribution in [2.45, 2.75) is 75.3 Å². The molecule has 21 heavy (non-hydrogen) atoms. The first-order valence-corrected chi connectivity index (χ1v) is 8.82. The maximum Gasteiger partial charge on any atom is 0.315 e. The SMILES string of the molecule is O=C(NC1(CO)CCCC1)NC12CC3CC(CC(C3)C1)C2. The molecule has 118 valence electrons. The van der Waals surface area contributed by atoms with Gasteiger partial charge in [-0.3, -0.25) is 0 Å². The molecule has 5 aliphatic carbocycles. The van der Waals surface area contributed by atoms with E-state index in [1.165, 1.54) is 38.5 Å². The molecule has 3 N–H and O–H groups in total. The molecule has 0 aliphatic heterocycles. The van der Waals surface area contributed by atoms with Gasteiger partial charge in [0.05, 0.1) is 12.1 Å². The van der Waals surface area contributed by atoms with Crippen LogP contribution in [0, 0.1) is 17.8 Å². The fraction of sp³-hybridized carbons (Fsp3) is 0.941. The zero-order valence-electron chi connectivity index (χ0n) is 12.9. The third-order valence-corrected chi connectivity index (χ3v) is 6.66. The Morgan fingerprint density at radius 3 is 1.95 bits per heavy atom. The van der Waals surface area contributed by atoms with Crippen LogP contribution in [-0.4, -0.2) is 28.8 Å². The molecular formula is C17H28N2O2. The Balaban J connectivity index is 1.42. The normalized spacial score (nSPS) is 43.0. The topological polar surface area (TPSA) is 61.4 Å². The minimum absolute atomic E-state index is 0.0344. The summed E-state index contributed by atoms with van der Waals surface area (Å²) in [5.74, 6) is 2.53. The molecule has 4 bridgehead atoms. The van der Waals surface area contributed by atoms with Crippen LogP contribution in [0.1, 0.15) is 64.2 Å². The van der Waals surface area contributed by atoms with Crippen molar-refractivity contribution in [3.05, 3.63) is 0 Å². The number of urea groups is 1. The lowest BCUT2D eigenvalue weighted by atomic mass is 9.53. The first-order chi connectivity index (χ1) is 10.1. The van der Waals surface area contributed by atoms with Gasteiger partial charge in [0.25, 0.3) is 0 Å². The Kier molecular flexibility index (Phi) is 3.21. The van der Waals surface area contributed by atoms with E-state index < -0.39 is 0 Å². The maximum atomic E-state index is 12.5. The van der Waals surface area contributed by atoms with Gasteiger partial charge in [0, 0.05) is 5.54 Å². The van der Waals surface area contributed by atoms with Crippen molar-refractivity contribution in [1.29, 1.82) is 0 Å². The molecule has 0 atom stereocenters. The van der Waals surface area contributed by atoms with Gasteiger partial charge in [-0.25, -0.2) is 4.79 Å². The summed E-state index contributed by atoms with van der Waals surface area (Å²) < 4.78 is 0. The molecule has 4 heteroatoms. The monoisotopic (exact) mass is 292 g/mol. The van der Waals surface area contributed by atoms with Crippen molar-refractivity contribution < 1.29 is 9.90 Å². The van der Waals surface area contributed by atoms with E-state index in [1.54, 1.807) is 0 Å². The van der Waals surface area contributed by atoms with Gasteiger partial charge in [0.15, 0.2) is 0 Å². The van der Waals surface area contributed by atoms with Crippen molar-refractivity contribution in [1.82, 2.24) is 10.6 Å². The van der Waals surface area contributed by atoms with Gasteiger partial charge in [-0.1, -0.05) is 12.8 Å². The van der Waals surface area contributed by atoms with E-state index in [0.717, 1.165) is 43.4 Å². The van der Waals surface area contributed by atoms with E-state index in [4.69, 9.17) is 0 Å². The van der Waals surface area contributed by atoms with Crippen LogP contribution in [0.5, 0.6) is 0 Å². The van der Waals surface area contributed by atoms with Gasteiger partial charge in [0.2, 0.25) is 0 Å². The third-order valence-electron chi connectivity index (χ3n) is 6.66. The van der Waals surface area contributed by atoms with Crippen molar-refractivity contribution in [2.75, 3.05) is 6.61 Å². The number of aliphatic hydroxyl groups is 1. The van der Waals surface area contributed by atoms with Crippen LogP contribution < -0.4 is 10.6 Å². The third kappa shape index (κ3) is 2.45. The summed E-state index contributed by atoms with van der Waals surface area (Å²) in [4.78, 5) is 12.5. The average molecular weight is 292 g/mol. The number of carbonyl (C=O) groups is 1. The smallest absolute Gasteiger partial charge is 0.315 e. The van der Waals surface area contributed by atoms with Crippen LogP contribution in [0.3, 0.4) is 0 Å². The minimum atomic E-state index is -0.355. The van der Waals surface area contributed by atoms with Crippen LogP contribution in [-0.2, 0) is 0 Å². The number of nitrogens with one attached hydrogen (secondary N) is 2. The molecule has 0 saturated heterocycles. The molecule has 0 heterocycles. The lowest BCUT2D eigenvalue weighted by molar-refractivity contribution is -0.0142. The molecule has 0 aromatic carbocycles. The molecule has 5 rings (SSSR count). The van der Waals surface area contributed by atoms with Crippen molar-refractivity contribution in [2.24, 2.45) is 17.8 Å². The van der Waals surface area contributed by atoms with Crippen LogP contribution in [0.25, 0.3) is 0 Å². The van der Waals surface area contributed by atoms with E-state index in [2.05, 4.69) is 10.6 Å². The van der Waals surface area contributed by atoms with E-state index in [9.17, 15) is 9.90 Å². The van der Waals surface area contributed by atoms with Gasteiger partial charge >= 0.3 is 6.03 Å². The molecule has 0 radical (unpaired) electrons. The highest BCUT2D eigenvalue weighted by molar-refractivity contribution is 5.76. The lowest BCUT2D eigenvalue weighted by Crippen LogP contribution is -2.63. The Hall–Kier alpha value is -0.770. The molecular weight excluding hydrogens is 264 g/mol. The van der Waals surface area contributed by atoms with E-state index in [0.29, 0.717) is 0 Å². The quantitative estimate of drug-likeness (QED) is 0.748. The number of aliphatic hydroxyl groups excluding tert-OH is 1. The molecule has 0 aromatic heterocycles. The Morgan fingerprint density at radius 2 is 1.48 bits per heavy atom. The average Bonchev–Trinajstić information content (AvgIpc) is 2.85. The molecule has 0 unspecified atom stereocenters. The van der Waals surface area contributed by atoms with Crippen molar-refractivity contribution in [3.63, 3.8) is 0 Å². The highest BCUT2D eigenvalue weighted by Crippen LogP contribution is 2.55. The molecule has 4 nitrogen and oxygen atoms in total. The second-order valence-corrected chi connectivity index (χ2v) is 8.42. The van der Waals surface area contributed by atoms with Gasteiger partial charge in [-0.2, -0.15) is 0 Å². The number of rotatable bonds is 3. The summed E-state index contributed by atoms with van der Waals surface area (Å²) in [6, 6.07) is -0.0344. The summed E-state index contributed by atoms with van der Waals surface area (Å²) in [7, 11) is 0. The van der Waals surface area contributed by atoms with Crippen LogP contribution >= 0.6 is 0 Å². The summed E-state index contributed by atoms with van der Waals surface area (Å²) in [6.07, 6.45) is 11.8. The van der Waals surface area contributed by atoms with E-state index >= 15 is 0 Å². The van der Waals surface area contributed by atoms with Crippen LogP contribution in [0.4, 0.5) is 4.79 Å². The number of carbonyl (C=O) groups excluding carboxylic acids is 1. The molecule has 0 aromatic rings. The fourth-order valence-corrected chi connectivity index (χ4v) is 6.15. The fourth-order valence-electron chi connectivity index (χ4n) is 6.15. The highest BCUT2D eigenvalue weighted by Gasteiger charge is 2.51. The lowest BCUT2D eigenvalue weighted by Gasteiger charge is -2.57. The Labute approximate surface area is 127 Å². The first-order valence-electron chi connectivity index (χ1n) is 8.82. The van der Waals surface area contributed by atoms with Crippen LogP contribution in [0.2, 0.25) is 0 Å². The highest BCUT2D eigenvalue weighted by atomic mass is 16.3. The molecule has 5 aliphatic rings. The first kappa shape index (κ1) is 13.9. The Bertz CT molecular complexity index is 393. The largest absolute Gasteiger partial charge is 0.394 e. The standard InChI is InChI=1S/C17H28N2O2/c20-11-16(3-1-2-4-16)18-15(21)19-17-8-12-5-13(9-17)7-14(6-12)10-17/h12-14,20H,1-11H2,(H2,18,19,21). The van der Waals surface area contributed by atoms with Crippen LogP contribution in [0.15, 0.2) is 0 Å². The predicted octanol–water partition coefficient (Wildman–Crippen LogP) is 2.56. The van der Waals surface area contributed by atoms with E-state index in [-0.39, 0.29) is 23.7 Å². The number of amides is 2. The number of hydrogen-bond acceptors (Lipinski definition) is 2. The van der Waals surface area contributed by atoms with Gasteiger partial charge in [-0.15, -0.1) is 0 Å². The zero-order chi connectivity index (χ0) is 14.5. The molecule has 5 saturated carbocycles. The van der Waals surface area contributed by atoms with E-state index in [1.807, 2.05) is 0 Å². The maximum absolute atomic E-state index is 12.5. The van der Waals surface area contributed by atoms with Crippen molar-refractivity contribution in [3.8, 4) is 0 Å². The van der Waals surface area contributed by atoms with Gasteiger partial charge in [-0.05, 0) is 69.1 Å². The number of hydrogen-bond donors (Lipinski definition) is 3. The summed E-state index contributed by atoms with van der Waals surface area (Å²) in [5, 5.41) is 16.1. The molecule has 2 amide bonds. The summed E-state index contributed by atoms with van der Waals surface area (Å²) in [6.45, 7) is 0.0707. The molecule has 0 spiro atoms. The summed E-state index contributed by atoms with van der Waals surface area (Å²) in [5.41, 5.74) is -0.291. The van der Waals surface area contributed by atoms with Gasteiger partial charge < -0.3 is 15.7 Å². The predicted molar refractivity (Wildman–Crippen MR) is 80.9 cm³/mol. The van der Waals surface area contributed by atoms with Crippen molar-refractivity contribution >= 4 is 6.03 Å². The zero-order valence-corrected chi connectivity index (χ0v) is 12.9.